The Hall–Kier alpha value is -0.140. The van der Waals surface area contributed by atoms with Gasteiger partial charge in [0, 0.05) is 8.07 Å². The Morgan fingerprint density at radius 2 is 1.50 bits per heavy atom. The van der Waals surface area contributed by atoms with Gasteiger partial charge in [0.2, 0.25) is 0 Å². The summed E-state index contributed by atoms with van der Waals surface area (Å²) < 4.78 is 0. The van der Waals surface area contributed by atoms with Crippen LogP contribution in [0, 0.1) is 27.7 Å². The van der Waals surface area contributed by atoms with Gasteiger partial charge in [-0.25, -0.2) is 0 Å². The van der Waals surface area contributed by atoms with Crippen molar-refractivity contribution in [2.45, 2.75) is 53.6 Å². The number of hydrogen-bond acceptors (Lipinski definition) is 0. The van der Waals surface area contributed by atoms with Crippen LogP contribution >= 0.6 is 17.0 Å². The number of benzene rings is 1. The van der Waals surface area contributed by atoms with Gasteiger partial charge >= 0.3 is 37.9 Å². The Balaban J connectivity index is 0.000000758. The van der Waals surface area contributed by atoms with E-state index in [1.54, 1.807) is 21.5 Å². The van der Waals surface area contributed by atoms with Crippen molar-refractivity contribution in [2.24, 2.45) is 0 Å². The summed E-state index contributed by atoms with van der Waals surface area (Å²) in [7, 11) is 8.15. The van der Waals surface area contributed by atoms with Gasteiger partial charge in [-0.15, -0.1) is 34.2 Å². The first-order chi connectivity index (χ1) is 12.3. The summed E-state index contributed by atoms with van der Waals surface area (Å²) in [5.74, 6) is 0. The SMILES string of the molecule is CCC[Si](C)([c-]1c(C)c(C)c(C)c1C)[c-]1ccc2ccccc21.[Cl][Zr+2][Cl]. The molecule has 0 aromatic heterocycles. The molecular weight excluding hydrogens is 454 g/mol. The van der Waals surface area contributed by atoms with Crippen LogP contribution < -0.4 is 10.4 Å². The first-order valence-electron chi connectivity index (χ1n) is 9.18. The van der Waals surface area contributed by atoms with Crippen molar-refractivity contribution < 1.29 is 20.8 Å². The zero-order chi connectivity index (χ0) is 19.5. The molecule has 138 valence electrons. The molecule has 0 N–H and O–H groups in total. The summed E-state index contributed by atoms with van der Waals surface area (Å²) in [5, 5.41) is 6.20. The molecule has 0 saturated carbocycles. The van der Waals surface area contributed by atoms with Crippen molar-refractivity contribution in [2.75, 3.05) is 0 Å². The second-order valence-corrected chi connectivity index (χ2v) is 15.3. The second kappa shape index (κ2) is 9.37. The van der Waals surface area contributed by atoms with Gasteiger partial charge in [-0.2, -0.15) is 39.6 Å². The molecule has 0 amide bonds. The van der Waals surface area contributed by atoms with Crippen molar-refractivity contribution in [1.82, 2.24) is 0 Å². The van der Waals surface area contributed by atoms with Crippen LogP contribution in [0.25, 0.3) is 10.8 Å². The van der Waals surface area contributed by atoms with Crippen LogP contribution in [-0.4, -0.2) is 8.07 Å². The Morgan fingerprint density at radius 1 is 0.962 bits per heavy atom. The molecule has 3 aromatic carbocycles. The Morgan fingerprint density at radius 3 is 2.04 bits per heavy atom. The van der Waals surface area contributed by atoms with E-state index in [0.29, 0.717) is 0 Å². The maximum atomic E-state index is 4.93. The number of halogens is 2. The van der Waals surface area contributed by atoms with E-state index in [1.165, 1.54) is 34.4 Å². The fourth-order valence-corrected chi connectivity index (χ4v) is 9.66. The normalized spacial score (nSPS) is 13.1. The third-order valence-electron chi connectivity index (χ3n) is 6.01. The fourth-order valence-electron chi connectivity index (χ4n) is 4.57. The van der Waals surface area contributed by atoms with E-state index in [0.717, 1.165) is 0 Å². The van der Waals surface area contributed by atoms with Crippen LogP contribution in [0.3, 0.4) is 0 Å². The van der Waals surface area contributed by atoms with E-state index < -0.39 is 28.9 Å². The monoisotopic (exact) mass is 480 g/mol. The summed E-state index contributed by atoms with van der Waals surface area (Å²) in [4.78, 5) is 0. The molecule has 4 heteroatoms. The van der Waals surface area contributed by atoms with Crippen LogP contribution in [-0.2, 0) is 20.8 Å². The quantitative estimate of drug-likeness (QED) is 0.294. The van der Waals surface area contributed by atoms with Gasteiger partial charge in [0.25, 0.3) is 0 Å². The van der Waals surface area contributed by atoms with E-state index in [9.17, 15) is 0 Å². The predicted octanol–water partition coefficient (Wildman–Crippen LogP) is 6.49. The molecule has 0 aliphatic heterocycles. The van der Waals surface area contributed by atoms with Crippen molar-refractivity contribution in [3.63, 3.8) is 0 Å². The van der Waals surface area contributed by atoms with Crippen LogP contribution in [0.2, 0.25) is 12.6 Å². The number of hydrogen-bond donors (Lipinski definition) is 0. The molecule has 0 heterocycles. The molecule has 0 radical (unpaired) electrons. The molecule has 0 fully saturated rings. The van der Waals surface area contributed by atoms with Crippen LogP contribution in [0.4, 0.5) is 0 Å². The third-order valence-corrected chi connectivity index (χ3v) is 11.0. The molecule has 0 bridgehead atoms. The Kier molecular flexibility index (Phi) is 7.99. The van der Waals surface area contributed by atoms with Gasteiger partial charge in [-0.3, -0.25) is 0 Å². The second-order valence-electron chi connectivity index (χ2n) is 7.36. The topological polar surface area (TPSA) is 0 Å². The first-order valence-corrected chi connectivity index (χ1v) is 18.2. The predicted molar refractivity (Wildman–Crippen MR) is 118 cm³/mol. The van der Waals surface area contributed by atoms with Crippen LogP contribution in [0.5, 0.6) is 0 Å². The molecule has 26 heavy (non-hydrogen) atoms. The van der Waals surface area contributed by atoms with Crippen LogP contribution in [0.1, 0.15) is 35.6 Å². The molecular formula is C22H28Cl2SiZr. The van der Waals surface area contributed by atoms with Crippen LogP contribution in [0.15, 0.2) is 36.4 Å². The minimum absolute atomic E-state index is 0.826. The summed E-state index contributed by atoms with van der Waals surface area (Å²) in [5.41, 5.74) is 6.10. The molecule has 3 rings (SSSR count). The molecule has 0 aliphatic rings. The zero-order valence-electron chi connectivity index (χ0n) is 16.6. The van der Waals surface area contributed by atoms with E-state index in [-0.39, 0.29) is 0 Å². The summed E-state index contributed by atoms with van der Waals surface area (Å²) in [6.45, 7) is 14.2. The van der Waals surface area contributed by atoms with Gasteiger partial charge in [0.1, 0.15) is 0 Å². The molecule has 1 atom stereocenters. The standard InChI is InChI=1S/C22H28Si.2ClH.Zr/c1-7-14-23(6,22-17(4)15(2)16(3)18(22)5)21-13-12-19-10-8-9-11-20(19)21;;;/h8-13H,7,14H2,1-6H3;2*1H;/q-2;;;+4/p-2. The van der Waals surface area contributed by atoms with Crippen molar-refractivity contribution in [1.29, 1.82) is 0 Å². The van der Waals surface area contributed by atoms with E-state index in [2.05, 4.69) is 77.6 Å². The molecule has 3 aromatic rings. The number of rotatable bonds is 4. The van der Waals surface area contributed by atoms with E-state index in [4.69, 9.17) is 17.0 Å². The Bertz CT molecular complexity index is 852. The molecule has 1 unspecified atom stereocenters. The summed E-state index contributed by atoms with van der Waals surface area (Å²) in [6, 6.07) is 15.0. The van der Waals surface area contributed by atoms with Gasteiger partial charge in [0.05, 0.1) is 0 Å². The summed E-state index contributed by atoms with van der Waals surface area (Å²) >= 11 is -0.826. The van der Waals surface area contributed by atoms with E-state index in [1.807, 2.05) is 0 Å². The van der Waals surface area contributed by atoms with Gasteiger partial charge in [0.15, 0.2) is 0 Å². The van der Waals surface area contributed by atoms with Crippen molar-refractivity contribution in [3.8, 4) is 0 Å². The molecule has 0 nitrogen and oxygen atoms in total. The fraction of sp³-hybridized carbons (Fsp3) is 0.364. The van der Waals surface area contributed by atoms with E-state index >= 15 is 0 Å². The maximum absolute atomic E-state index is 4.93. The van der Waals surface area contributed by atoms with Gasteiger partial charge in [-0.1, -0.05) is 59.7 Å². The first kappa shape index (κ1) is 22.2. The zero-order valence-corrected chi connectivity index (χ0v) is 21.6. The minimum atomic E-state index is -1.71. The molecule has 0 spiro atoms. The third kappa shape index (κ3) is 4.00. The van der Waals surface area contributed by atoms with Crippen molar-refractivity contribution >= 4 is 46.2 Å². The van der Waals surface area contributed by atoms with Gasteiger partial charge < -0.3 is 0 Å². The number of fused-ring (bicyclic) bond motifs is 1. The molecule has 0 saturated heterocycles. The molecule has 0 aliphatic carbocycles. The average Bonchev–Trinajstić information content (AvgIpc) is 3.13. The van der Waals surface area contributed by atoms with Crippen molar-refractivity contribution in [3.05, 3.63) is 58.7 Å². The average molecular weight is 483 g/mol. The summed E-state index contributed by atoms with van der Waals surface area (Å²) in [6.07, 6.45) is 1.25. The Labute approximate surface area is 178 Å². The van der Waals surface area contributed by atoms with Gasteiger partial charge in [-0.05, 0) is 0 Å².